The van der Waals surface area contributed by atoms with Crippen molar-refractivity contribution in [2.45, 2.75) is 45.9 Å². The Hall–Kier alpha value is -1.27. The molecule has 0 nitrogen and oxygen atoms in total. The minimum atomic E-state index is -0.0589. The van der Waals surface area contributed by atoms with Crippen molar-refractivity contribution in [2.75, 3.05) is 0 Å². The molecule has 0 aliphatic heterocycles. The van der Waals surface area contributed by atoms with Crippen LogP contribution in [0.3, 0.4) is 0 Å². The minimum absolute atomic E-state index is 0.0589. The SMILES string of the molecule is CCc1ccc(CC)c(C(Cl)c2cccc(C)c2C)c1. The van der Waals surface area contributed by atoms with E-state index in [1.807, 2.05) is 0 Å². The van der Waals surface area contributed by atoms with Crippen molar-refractivity contribution in [3.63, 3.8) is 0 Å². The van der Waals surface area contributed by atoms with Crippen molar-refractivity contribution < 1.29 is 0 Å². The molecule has 0 radical (unpaired) electrons. The Balaban J connectivity index is 2.51. The first-order valence-electron chi connectivity index (χ1n) is 7.40. The fourth-order valence-corrected chi connectivity index (χ4v) is 3.08. The van der Waals surface area contributed by atoms with Crippen molar-refractivity contribution in [2.24, 2.45) is 0 Å². The summed E-state index contributed by atoms with van der Waals surface area (Å²) in [5.74, 6) is 0. The lowest BCUT2D eigenvalue weighted by Crippen LogP contribution is -2.02. The minimum Gasteiger partial charge on any atom is -0.113 e. The van der Waals surface area contributed by atoms with E-state index < -0.39 is 0 Å². The van der Waals surface area contributed by atoms with Crippen molar-refractivity contribution >= 4 is 11.6 Å². The van der Waals surface area contributed by atoms with Gasteiger partial charge in [-0.15, -0.1) is 11.6 Å². The summed E-state index contributed by atoms with van der Waals surface area (Å²) in [6.07, 6.45) is 2.07. The maximum absolute atomic E-state index is 6.82. The van der Waals surface area contributed by atoms with E-state index in [-0.39, 0.29) is 5.38 Å². The molecule has 106 valence electrons. The zero-order valence-electron chi connectivity index (χ0n) is 12.8. The predicted octanol–water partition coefficient (Wildman–Crippen LogP) is 5.76. The fraction of sp³-hybridized carbons (Fsp3) is 0.368. The van der Waals surface area contributed by atoms with E-state index in [2.05, 4.69) is 64.1 Å². The molecule has 2 aromatic carbocycles. The molecule has 0 aliphatic carbocycles. The number of rotatable bonds is 4. The number of halogens is 1. The van der Waals surface area contributed by atoms with Crippen molar-refractivity contribution in [1.29, 1.82) is 0 Å². The molecule has 1 unspecified atom stereocenters. The zero-order chi connectivity index (χ0) is 14.7. The highest BCUT2D eigenvalue weighted by molar-refractivity contribution is 6.22. The summed E-state index contributed by atoms with van der Waals surface area (Å²) in [5.41, 5.74) is 7.81. The van der Waals surface area contributed by atoms with Gasteiger partial charge in [0.25, 0.3) is 0 Å². The monoisotopic (exact) mass is 286 g/mol. The third kappa shape index (κ3) is 2.91. The first kappa shape index (κ1) is 15.1. The molecule has 0 bridgehead atoms. The van der Waals surface area contributed by atoms with Crippen LogP contribution in [0.25, 0.3) is 0 Å². The number of hydrogen-bond donors (Lipinski definition) is 0. The van der Waals surface area contributed by atoms with Gasteiger partial charge >= 0.3 is 0 Å². The summed E-state index contributed by atoms with van der Waals surface area (Å²) in [4.78, 5) is 0. The van der Waals surface area contributed by atoms with Crippen molar-refractivity contribution in [1.82, 2.24) is 0 Å². The van der Waals surface area contributed by atoms with E-state index >= 15 is 0 Å². The molecule has 0 aliphatic rings. The topological polar surface area (TPSA) is 0 Å². The van der Waals surface area contributed by atoms with Gasteiger partial charge in [-0.2, -0.15) is 0 Å². The predicted molar refractivity (Wildman–Crippen MR) is 88.8 cm³/mol. The van der Waals surface area contributed by atoms with Crippen molar-refractivity contribution in [3.05, 3.63) is 69.8 Å². The zero-order valence-corrected chi connectivity index (χ0v) is 13.6. The lowest BCUT2D eigenvalue weighted by atomic mass is 9.92. The molecule has 1 heteroatoms. The van der Waals surface area contributed by atoms with Crippen LogP contribution >= 0.6 is 11.6 Å². The summed E-state index contributed by atoms with van der Waals surface area (Å²) >= 11 is 6.82. The van der Waals surface area contributed by atoms with Crippen LogP contribution in [0.1, 0.15) is 52.6 Å². The van der Waals surface area contributed by atoms with Gasteiger partial charge in [0.2, 0.25) is 0 Å². The van der Waals surface area contributed by atoms with Crippen LogP contribution in [0.4, 0.5) is 0 Å². The Morgan fingerprint density at radius 3 is 2.35 bits per heavy atom. The molecule has 1 atom stereocenters. The number of benzene rings is 2. The summed E-state index contributed by atoms with van der Waals surface area (Å²) in [7, 11) is 0. The van der Waals surface area contributed by atoms with Crippen LogP contribution in [-0.4, -0.2) is 0 Å². The molecular weight excluding hydrogens is 264 g/mol. The highest BCUT2D eigenvalue weighted by atomic mass is 35.5. The number of hydrogen-bond acceptors (Lipinski definition) is 0. The molecule has 0 heterocycles. The standard InChI is InChI=1S/C19H23Cl/c1-5-15-10-11-16(6-2)18(12-15)19(20)17-9-7-8-13(3)14(17)4/h7-12,19H,5-6H2,1-4H3. The van der Waals surface area contributed by atoms with Crippen LogP contribution in [0.5, 0.6) is 0 Å². The molecule has 0 aromatic heterocycles. The largest absolute Gasteiger partial charge is 0.113 e. The second-order valence-electron chi connectivity index (χ2n) is 5.39. The molecule has 0 saturated carbocycles. The quantitative estimate of drug-likeness (QED) is 0.627. The van der Waals surface area contributed by atoms with Gasteiger partial charge in [0.1, 0.15) is 0 Å². The van der Waals surface area contributed by atoms with Gasteiger partial charge in [0.15, 0.2) is 0 Å². The van der Waals surface area contributed by atoms with Gasteiger partial charge < -0.3 is 0 Å². The van der Waals surface area contributed by atoms with Crippen molar-refractivity contribution in [3.8, 4) is 0 Å². The molecule has 20 heavy (non-hydrogen) atoms. The Morgan fingerprint density at radius 1 is 0.950 bits per heavy atom. The van der Waals surface area contributed by atoms with Crippen LogP contribution < -0.4 is 0 Å². The van der Waals surface area contributed by atoms with Gasteiger partial charge in [0, 0.05) is 0 Å². The van der Waals surface area contributed by atoms with E-state index in [9.17, 15) is 0 Å². The van der Waals surface area contributed by atoms with Crippen LogP contribution in [0, 0.1) is 13.8 Å². The summed E-state index contributed by atoms with van der Waals surface area (Å²) in [5, 5.41) is -0.0589. The fourth-order valence-electron chi connectivity index (χ4n) is 2.64. The average molecular weight is 287 g/mol. The Labute approximate surface area is 127 Å². The third-order valence-corrected chi connectivity index (χ3v) is 4.66. The van der Waals surface area contributed by atoms with Gasteiger partial charge in [-0.1, -0.05) is 50.2 Å². The van der Waals surface area contributed by atoms with Crippen LogP contribution in [0.2, 0.25) is 0 Å². The Kier molecular flexibility index (Phi) is 4.88. The van der Waals surface area contributed by atoms with E-state index in [0.717, 1.165) is 12.8 Å². The number of aryl methyl sites for hydroxylation is 3. The molecule has 0 N–H and O–H groups in total. The molecule has 2 rings (SSSR count). The summed E-state index contributed by atoms with van der Waals surface area (Å²) in [6.45, 7) is 8.68. The first-order valence-corrected chi connectivity index (χ1v) is 7.84. The van der Waals surface area contributed by atoms with Gasteiger partial charge in [-0.05, 0) is 60.1 Å². The summed E-state index contributed by atoms with van der Waals surface area (Å²) < 4.78 is 0. The molecule has 0 amide bonds. The Bertz CT molecular complexity index is 599. The normalized spacial score (nSPS) is 12.4. The van der Waals surface area contributed by atoms with Crippen LogP contribution in [0.15, 0.2) is 36.4 Å². The van der Waals surface area contributed by atoms with E-state index in [4.69, 9.17) is 11.6 Å². The van der Waals surface area contributed by atoms with Gasteiger partial charge in [0.05, 0.1) is 5.38 Å². The maximum atomic E-state index is 6.82. The average Bonchev–Trinajstić information content (AvgIpc) is 2.48. The number of alkyl halides is 1. The van der Waals surface area contributed by atoms with E-state index in [1.54, 1.807) is 0 Å². The lowest BCUT2D eigenvalue weighted by Gasteiger charge is -2.18. The molecule has 0 saturated heterocycles. The highest BCUT2D eigenvalue weighted by Gasteiger charge is 2.17. The van der Waals surface area contributed by atoms with E-state index in [1.165, 1.54) is 33.4 Å². The van der Waals surface area contributed by atoms with Crippen LogP contribution in [-0.2, 0) is 12.8 Å². The second-order valence-corrected chi connectivity index (χ2v) is 5.83. The third-order valence-electron chi connectivity index (χ3n) is 4.19. The second kappa shape index (κ2) is 6.45. The Morgan fingerprint density at radius 2 is 1.70 bits per heavy atom. The smallest absolute Gasteiger partial charge is 0.0840 e. The molecule has 0 fully saturated rings. The molecule has 0 spiro atoms. The van der Waals surface area contributed by atoms with E-state index in [0.29, 0.717) is 0 Å². The van der Waals surface area contributed by atoms with Gasteiger partial charge in [-0.3, -0.25) is 0 Å². The lowest BCUT2D eigenvalue weighted by molar-refractivity contribution is 1.01. The molecule has 2 aromatic rings. The summed E-state index contributed by atoms with van der Waals surface area (Å²) in [6, 6.07) is 13.1. The maximum Gasteiger partial charge on any atom is 0.0840 e. The molecular formula is C19H23Cl. The first-order chi connectivity index (χ1) is 9.58. The highest BCUT2D eigenvalue weighted by Crippen LogP contribution is 2.34. The van der Waals surface area contributed by atoms with Gasteiger partial charge in [-0.25, -0.2) is 0 Å².